The minimum Gasteiger partial charge on any atom is -0.353 e. The van der Waals surface area contributed by atoms with Crippen molar-refractivity contribution in [3.63, 3.8) is 0 Å². The van der Waals surface area contributed by atoms with E-state index in [1.165, 1.54) is 25.7 Å². The van der Waals surface area contributed by atoms with Crippen molar-refractivity contribution in [2.45, 2.75) is 31.1 Å². The topological polar surface area (TPSA) is 32.3 Å². The molecule has 1 N–H and O–H groups in total. The summed E-state index contributed by atoms with van der Waals surface area (Å²) in [6.07, 6.45) is 5.22. The van der Waals surface area contributed by atoms with E-state index in [1.807, 2.05) is 30.3 Å². The van der Waals surface area contributed by atoms with Gasteiger partial charge in [0.05, 0.1) is 0 Å². The van der Waals surface area contributed by atoms with Crippen LogP contribution in [0.15, 0.2) is 30.3 Å². The SMILES string of the molecule is O=C(NCCN1CCCCCC1)C(Cl)c1ccccc1. The average molecular weight is 295 g/mol. The first-order valence-electron chi connectivity index (χ1n) is 7.46. The molecule has 0 aliphatic carbocycles. The number of benzene rings is 1. The van der Waals surface area contributed by atoms with Gasteiger partial charge in [-0.25, -0.2) is 0 Å². The maximum absolute atomic E-state index is 12.0. The predicted octanol–water partition coefficient (Wildman–Crippen LogP) is 2.96. The first-order chi connectivity index (χ1) is 9.77. The van der Waals surface area contributed by atoms with Gasteiger partial charge in [-0.3, -0.25) is 4.79 Å². The van der Waals surface area contributed by atoms with Gasteiger partial charge in [-0.2, -0.15) is 0 Å². The lowest BCUT2D eigenvalue weighted by molar-refractivity contribution is -0.120. The Labute approximate surface area is 126 Å². The van der Waals surface area contributed by atoms with Gasteiger partial charge in [0, 0.05) is 13.1 Å². The van der Waals surface area contributed by atoms with Crippen LogP contribution in [0.4, 0.5) is 0 Å². The van der Waals surface area contributed by atoms with Gasteiger partial charge < -0.3 is 10.2 Å². The molecule has 110 valence electrons. The van der Waals surface area contributed by atoms with Gasteiger partial charge in [-0.05, 0) is 31.5 Å². The molecule has 20 heavy (non-hydrogen) atoms. The smallest absolute Gasteiger partial charge is 0.242 e. The highest BCUT2D eigenvalue weighted by atomic mass is 35.5. The zero-order valence-corrected chi connectivity index (χ0v) is 12.6. The molecule has 1 aliphatic rings. The number of rotatable bonds is 5. The van der Waals surface area contributed by atoms with Crippen LogP contribution in [0.3, 0.4) is 0 Å². The van der Waals surface area contributed by atoms with E-state index in [0.29, 0.717) is 6.54 Å². The van der Waals surface area contributed by atoms with E-state index in [9.17, 15) is 4.79 Å². The Morgan fingerprint density at radius 3 is 2.45 bits per heavy atom. The summed E-state index contributed by atoms with van der Waals surface area (Å²) in [4.78, 5) is 14.4. The Morgan fingerprint density at radius 2 is 1.80 bits per heavy atom. The summed E-state index contributed by atoms with van der Waals surface area (Å²) in [6, 6.07) is 9.48. The summed E-state index contributed by atoms with van der Waals surface area (Å²) in [7, 11) is 0. The fourth-order valence-corrected chi connectivity index (χ4v) is 2.78. The van der Waals surface area contributed by atoms with Crippen LogP contribution in [-0.2, 0) is 4.79 Å². The van der Waals surface area contributed by atoms with Crippen molar-refractivity contribution < 1.29 is 4.79 Å². The Hall–Kier alpha value is -1.06. The monoisotopic (exact) mass is 294 g/mol. The average Bonchev–Trinajstić information content (AvgIpc) is 2.76. The molecule has 0 aromatic heterocycles. The molecule has 0 radical (unpaired) electrons. The third-order valence-electron chi connectivity index (χ3n) is 3.75. The molecule has 3 nitrogen and oxygen atoms in total. The molecule has 0 saturated carbocycles. The van der Waals surface area contributed by atoms with Crippen LogP contribution in [0.1, 0.15) is 36.6 Å². The van der Waals surface area contributed by atoms with Crippen LogP contribution in [-0.4, -0.2) is 37.0 Å². The first-order valence-corrected chi connectivity index (χ1v) is 7.90. The lowest BCUT2D eigenvalue weighted by Gasteiger charge is -2.20. The number of carbonyl (C=O) groups excluding carboxylic acids is 1. The van der Waals surface area contributed by atoms with Crippen LogP contribution < -0.4 is 5.32 Å². The Morgan fingerprint density at radius 1 is 1.15 bits per heavy atom. The largest absolute Gasteiger partial charge is 0.353 e. The highest BCUT2D eigenvalue weighted by molar-refractivity contribution is 6.30. The van der Waals surface area contributed by atoms with Crippen LogP contribution >= 0.6 is 11.6 Å². The fraction of sp³-hybridized carbons (Fsp3) is 0.562. The van der Waals surface area contributed by atoms with E-state index in [2.05, 4.69) is 10.2 Å². The summed E-state index contributed by atoms with van der Waals surface area (Å²) in [6.45, 7) is 3.90. The van der Waals surface area contributed by atoms with Gasteiger partial charge in [0.1, 0.15) is 5.38 Å². The van der Waals surface area contributed by atoms with Crippen LogP contribution in [0, 0.1) is 0 Å². The maximum atomic E-state index is 12.0. The molecule has 4 heteroatoms. The highest BCUT2D eigenvalue weighted by Gasteiger charge is 2.17. The van der Waals surface area contributed by atoms with Crippen LogP contribution in [0.2, 0.25) is 0 Å². The van der Waals surface area contributed by atoms with Crippen molar-refractivity contribution in [2.75, 3.05) is 26.2 Å². The van der Waals surface area contributed by atoms with Crippen LogP contribution in [0.25, 0.3) is 0 Å². The molecule has 0 bridgehead atoms. The molecule has 1 aromatic rings. The number of nitrogens with one attached hydrogen (secondary N) is 1. The number of amides is 1. The maximum Gasteiger partial charge on any atom is 0.242 e. The molecule has 1 aliphatic heterocycles. The second kappa shape index (κ2) is 8.28. The van der Waals surface area contributed by atoms with Crippen molar-refractivity contribution in [3.05, 3.63) is 35.9 Å². The lowest BCUT2D eigenvalue weighted by Crippen LogP contribution is -2.36. The predicted molar refractivity (Wildman–Crippen MR) is 83.0 cm³/mol. The minimum atomic E-state index is -0.597. The fourth-order valence-electron chi connectivity index (χ4n) is 2.56. The number of hydrogen-bond donors (Lipinski definition) is 1. The molecule has 1 saturated heterocycles. The number of hydrogen-bond acceptors (Lipinski definition) is 2. The third-order valence-corrected chi connectivity index (χ3v) is 4.20. The summed E-state index contributed by atoms with van der Waals surface area (Å²) >= 11 is 6.18. The second-order valence-electron chi connectivity index (χ2n) is 5.32. The Kier molecular flexibility index (Phi) is 6.34. The van der Waals surface area contributed by atoms with Gasteiger partial charge in [0.25, 0.3) is 0 Å². The molecule has 2 rings (SSSR count). The molecule has 1 unspecified atom stereocenters. The quantitative estimate of drug-likeness (QED) is 0.847. The normalized spacial score (nSPS) is 18.2. The van der Waals surface area contributed by atoms with Gasteiger partial charge in [-0.1, -0.05) is 43.2 Å². The number of likely N-dealkylation sites (tertiary alicyclic amines) is 1. The van der Waals surface area contributed by atoms with Crippen LogP contribution in [0.5, 0.6) is 0 Å². The van der Waals surface area contributed by atoms with Gasteiger partial charge >= 0.3 is 0 Å². The number of carbonyl (C=O) groups is 1. The summed E-state index contributed by atoms with van der Waals surface area (Å²) in [5, 5.41) is 2.34. The molecule has 1 fully saturated rings. The zero-order valence-electron chi connectivity index (χ0n) is 11.9. The second-order valence-corrected chi connectivity index (χ2v) is 5.76. The molecule has 1 atom stereocenters. The van der Waals surface area contributed by atoms with Gasteiger partial charge in [-0.15, -0.1) is 11.6 Å². The molecule has 1 amide bonds. The van der Waals surface area contributed by atoms with Crippen molar-refractivity contribution in [3.8, 4) is 0 Å². The van der Waals surface area contributed by atoms with E-state index < -0.39 is 5.38 Å². The van der Waals surface area contributed by atoms with Crippen molar-refractivity contribution >= 4 is 17.5 Å². The molecule has 1 heterocycles. The lowest BCUT2D eigenvalue weighted by atomic mass is 10.1. The first kappa shape index (κ1) is 15.3. The number of halogens is 1. The van der Waals surface area contributed by atoms with Gasteiger partial charge in [0.2, 0.25) is 5.91 Å². The third kappa shape index (κ3) is 4.80. The molecular weight excluding hydrogens is 272 g/mol. The van der Waals surface area contributed by atoms with Gasteiger partial charge in [0.15, 0.2) is 0 Å². The Bertz CT molecular complexity index is 402. The molecule has 1 aromatic carbocycles. The van der Waals surface area contributed by atoms with E-state index >= 15 is 0 Å². The van der Waals surface area contributed by atoms with E-state index in [4.69, 9.17) is 11.6 Å². The molecule has 0 spiro atoms. The summed E-state index contributed by atoms with van der Waals surface area (Å²) < 4.78 is 0. The number of alkyl halides is 1. The molecular formula is C16H23ClN2O. The van der Waals surface area contributed by atoms with E-state index in [1.54, 1.807) is 0 Å². The highest BCUT2D eigenvalue weighted by Crippen LogP contribution is 2.19. The standard InChI is InChI=1S/C16H23ClN2O/c17-15(14-8-4-3-5-9-14)16(20)18-10-13-19-11-6-1-2-7-12-19/h3-5,8-9,15H,1-2,6-7,10-13H2,(H,18,20). The minimum absolute atomic E-state index is 0.104. The Balaban J connectivity index is 1.72. The van der Waals surface area contributed by atoms with Crippen molar-refractivity contribution in [1.82, 2.24) is 10.2 Å². The number of nitrogens with zero attached hydrogens (tertiary/aromatic N) is 1. The zero-order chi connectivity index (χ0) is 14.2. The summed E-state index contributed by atoms with van der Waals surface area (Å²) in [5.41, 5.74) is 0.849. The summed E-state index contributed by atoms with van der Waals surface area (Å²) in [5.74, 6) is -0.104. The van der Waals surface area contributed by atoms with Crippen molar-refractivity contribution in [1.29, 1.82) is 0 Å². The van der Waals surface area contributed by atoms with Crippen molar-refractivity contribution in [2.24, 2.45) is 0 Å². The van der Waals surface area contributed by atoms with E-state index in [-0.39, 0.29) is 5.91 Å². The van der Waals surface area contributed by atoms with E-state index in [0.717, 1.165) is 25.2 Å².